The zero-order valence-corrected chi connectivity index (χ0v) is 13.1. The van der Waals surface area contributed by atoms with Crippen LogP contribution in [0.3, 0.4) is 0 Å². The van der Waals surface area contributed by atoms with Crippen molar-refractivity contribution in [2.45, 2.75) is 19.3 Å². The molecule has 1 aliphatic rings. The second kappa shape index (κ2) is 5.64. The Bertz CT molecular complexity index is 666. The molecule has 0 saturated heterocycles. The van der Waals surface area contributed by atoms with Crippen LogP contribution >= 0.6 is 22.6 Å². The number of Topliss-reactive ketones (excluding diaryl/α,β-unsaturated/α-hetero) is 1. The molecule has 1 atom stereocenters. The Labute approximate surface area is 131 Å². The van der Waals surface area contributed by atoms with Crippen molar-refractivity contribution in [2.24, 2.45) is 5.92 Å². The van der Waals surface area contributed by atoms with E-state index in [0.717, 1.165) is 19.3 Å². The highest BCUT2D eigenvalue weighted by Gasteiger charge is 2.26. The van der Waals surface area contributed by atoms with Gasteiger partial charge in [-0.3, -0.25) is 4.79 Å². The molecule has 0 heterocycles. The topological polar surface area (TPSA) is 17.1 Å². The van der Waals surface area contributed by atoms with Gasteiger partial charge in [-0.05, 0) is 71.2 Å². The van der Waals surface area contributed by atoms with Crippen LogP contribution in [-0.4, -0.2) is 5.78 Å². The Morgan fingerprint density at radius 3 is 2.65 bits per heavy atom. The Morgan fingerprint density at radius 1 is 1.15 bits per heavy atom. The Morgan fingerprint density at radius 2 is 1.90 bits per heavy atom. The molecule has 0 radical (unpaired) electrons. The number of benzene rings is 2. The van der Waals surface area contributed by atoms with Gasteiger partial charge >= 0.3 is 0 Å². The molecule has 0 amide bonds. The Balaban J connectivity index is 1.86. The van der Waals surface area contributed by atoms with Gasteiger partial charge in [0.25, 0.3) is 0 Å². The minimum absolute atomic E-state index is 0.0175. The summed E-state index contributed by atoms with van der Waals surface area (Å²) in [7, 11) is 0. The maximum absolute atomic E-state index is 13.1. The maximum Gasteiger partial charge on any atom is 0.167 e. The summed E-state index contributed by atoms with van der Waals surface area (Å²) in [6.07, 6.45) is 2.62. The fraction of sp³-hybridized carbons (Fsp3) is 0.235. The minimum atomic E-state index is -0.292. The van der Waals surface area contributed by atoms with Crippen molar-refractivity contribution in [3.63, 3.8) is 0 Å². The molecule has 3 rings (SSSR count). The molecule has 0 spiro atoms. The number of carbonyl (C=O) groups excluding carboxylic acids is 1. The van der Waals surface area contributed by atoms with Gasteiger partial charge in [-0.2, -0.15) is 0 Å². The first kappa shape index (κ1) is 13.7. The monoisotopic (exact) mass is 380 g/mol. The third-order valence-corrected chi connectivity index (χ3v) is 4.81. The van der Waals surface area contributed by atoms with E-state index in [-0.39, 0.29) is 17.5 Å². The van der Waals surface area contributed by atoms with Gasteiger partial charge < -0.3 is 0 Å². The van der Waals surface area contributed by atoms with E-state index in [4.69, 9.17) is 0 Å². The second-order valence-electron chi connectivity index (χ2n) is 5.20. The number of hydrogen-bond donors (Lipinski definition) is 0. The van der Waals surface area contributed by atoms with Crippen LogP contribution in [0.15, 0.2) is 42.5 Å². The summed E-state index contributed by atoms with van der Waals surface area (Å²) in [6.45, 7) is 0. The van der Waals surface area contributed by atoms with Crippen molar-refractivity contribution in [2.75, 3.05) is 0 Å². The van der Waals surface area contributed by atoms with Crippen LogP contribution < -0.4 is 0 Å². The highest BCUT2D eigenvalue weighted by Crippen LogP contribution is 2.29. The average Bonchev–Trinajstić information content (AvgIpc) is 2.46. The summed E-state index contributed by atoms with van der Waals surface area (Å²) in [5, 5.41) is 0. The van der Waals surface area contributed by atoms with Crippen LogP contribution in [0.2, 0.25) is 0 Å². The first-order valence-electron chi connectivity index (χ1n) is 6.71. The first-order valence-corrected chi connectivity index (χ1v) is 7.79. The smallest absolute Gasteiger partial charge is 0.167 e. The highest BCUT2D eigenvalue weighted by atomic mass is 127. The third-order valence-electron chi connectivity index (χ3n) is 3.91. The molecule has 2 aromatic carbocycles. The number of fused-ring (bicyclic) bond motifs is 1. The van der Waals surface area contributed by atoms with E-state index in [2.05, 4.69) is 12.1 Å². The molecular weight excluding hydrogens is 366 g/mol. The average molecular weight is 380 g/mol. The van der Waals surface area contributed by atoms with E-state index in [1.165, 1.54) is 23.3 Å². The molecule has 0 aliphatic heterocycles. The Hall–Kier alpha value is -1.23. The highest BCUT2D eigenvalue weighted by molar-refractivity contribution is 14.1. The molecule has 20 heavy (non-hydrogen) atoms. The number of ketones is 1. The summed E-state index contributed by atoms with van der Waals surface area (Å²) >= 11 is 2.04. The quantitative estimate of drug-likeness (QED) is 0.557. The molecule has 0 bridgehead atoms. The summed E-state index contributed by atoms with van der Waals surface area (Å²) < 4.78 is 13.8. The van der Waals surface area contributed by atoms with Gasteiger partial charge in [-0.25, -0.2) is 4.39 Å². The lowest BCUT2D eigenvalue weighted by Gasteiger charge is -2.23. The summed E-state index contributed by atoms with van der Waals surface area (Å²) in [4.78, 5) is 12.6. The van der Waals surface area contributed by atoms with Gasteiger partial charge in [-0.1, -0.05) is 24.3 Å². The number of carbonyl (C=O) groups is 1. The zero-order valence-electron chi connectivity index (χ0n) is 10.9. The number of aryl methyl sites for hydroxylation is 1. The molecule has 2 aromatic rings. The van der Waals surface area contributed by atoms with Gasteiger partial charge in [0.1, 0.15) is 5.82 Å². The third kappa shape index (κ3) is 2.64. The van der Waals surface area contributed by atoms with Crippen molar-refractivity contribution in [1.82, 2.24) is 0 Å². The molecule has 0 aromatic heterocycles. The van der Waals surface area contributed by atoms with Gasteiger partial charge in [0, 0.05) is 15.1 Å². The van der Waals surface area contributed by atoms with Gasteiger partial charge in [0.15, 0.2) is 5.78 Å². The molecule has 1 unspecified atom stereocenters. The first-order chi connectivity index (χ1) is 9.65. The summed E-state index contributed by atoms with van der Waals surface area (Å²) in [6, 6.07) is 12.7. The van der Waals surface area contributed by atoms with Crippen LogP contribution in [0, 0.1) is 15.3 Å². The van der Waals surface area contributed by atoms with E-state index in [9.17, 15) is 9.18 Å². The van der Waals surface area contributed by atoms with E-state index < -0.39 is 0 Å². The molecule has 0 saturated carbocycles. The minimum Gasteiger partial charge on any atom is -0.294 e. The lowest BCUT2D eigenvalue weighted by molar-refractivity contribution is 0.0908. The van der Waals surface area contributed by atoms with Gasteiger partial charge in [0.05, 0.1) is 0 Å². The second-order valence-corrected chi connectivity index (χ2v) is 6.36. The van der Waals surface area contributed by atoms with E-state index in [0.29, 0.717) is 9.13 Å². The number of rotatable bonds is 2. The van der Waals surface area contributed by atoms with E-state index >= 15 is 0 Å². The van der Waals surface area contributed by atoms with Crippen molar-refractivity contribution in [1.29, 1.82) is 0 Å². The van der Waals surface area contributed by atoms with Crippen molar-refractivity contribution in [3.05, 3.63) is 68.5 Å². The van der Waals surface area contributed by atoms with Crippen LogP contribution in [0.4, 0.5) is 4.39 Å². The van der Waals surface area contributed by atoms with Crippen LogP contribution in [0.1, 0.15) is 27.9 Å². The molecule has 1 aliphatic carbocycles. The normalized spacial score (nSPS) is 17.6. The van der Waals surface area contributed by atoms with E-state index in [1.54, 1.807) is 6.07 Å². The lowest BCUT2D eigenvalue weighted by Crippen LogP contribution is -2.23. The fourth-order valence-corrected chi connectivity index (χ4v) is 3.57. The van der Waals surface area contributed by atoms with Crippen molar-refractivity contribution >= 4 is 28.4 Å². The van der Waals surface area contributed by atoms with Gasteiger partial charge in [0.2, 0.25) is 0 Å². The fourth-order valence-electron chi connectivity index (χ4n) is 2.83. The molecule has 102 valence electrons. The van der Waals surface area contributed by atoms with Crippen molar-refractivity contribution < 1.29 is 9.18 Å². The van der Waals surface area contributed by atoms with Crippen LogP contribution in [0.25, 0.3) is 0 Å². The Kier molecular flexibility index (Phi) is 3.87. The molecule has 3 heteroatoms. The zero-order chi connectivity index (χ0) is 14.1. The van der Waals surface area contributed by atoms with E-state index in [1.807, 2.05) is 34.7 Å². The molecule has 0 N–H and O–H groups in total. The summed E-state index contributed by atoms with van der Waals surface area (Å²) in [5.74, 6) is -0.132. The van der Waals surface area contributed by atoms with Crippen LogP contribution in [0.5, 0.6) is 0 Å². The van der Waals surface area contributed by atoms with Crippen molar-refractivity contribution in [3.8, 4) is 0 Å². The SMILES string of the molecule is O=C(c1ccc(F)cc1I)C1CCc2ccccc2C1. The lowest BCUT2D eigenvalue weighted by atomic mass is 9.80. The molecule has 1 nitrogen and oxygen atoms in total. The van der Waals surface area contributed by atoms with Crippen LogP contribution in [-0.2, 0) is 12.8 Å². The molecular formula is C17H14FIO. The maximum atomic E-state index is 13.1. The molecule has 0 fully saturated rings. The predicted octanol–water partition coefficient (Wildman–Crippen LogP) is 4.42. The van der Waals surface area contributed by atoms with Gasteiger partial charge in [-0.15, -0.1) is 0 Å². The predicted molar refractivity (Wildman–Crippen MR) is 85.4 cm³/mol. The largest absolute Gasteiger partial charge is 0.294 e. The number of halogens is 2. The summed E-state index contributed by atoms with van der Waals surface area (Å²) in [5.41, 5.74) is 3.27. The standard InChI is InChI=1S/C17H14FIO/c18-14-7-8-15(16(19)10-14)17(20)13-6-5-11-3-1-2-4-12(11)9-13/h1-4,7-8,10,13H,5-6,9H2. The number of hydrogen-bond acceptors (Lipinski definition) is 1.